The Bertz CT molecular complexity index is 365. The molecule has 1 aliphatic heterocycles. The summed E-state index contributed by atoms with van der Waals surface area (Å²) < 4.78 is 26.5. The quantitative estimate of drug-likeness (QED) is 0.778. The number of rotatable bonds is 3. The van der Waals surface area contributed by atoms with Gasteiger partial charge in [-0.3, -0.25) is 14.5 Å². The molecule has 2 N–H and O–H groups in total. The van der Waals surface area contributed by atoms with Gasteiger partial charge in [0, 0.05) is 6.42 Å². The maximum Gasteiger partial charge on any atom is 0.277 e. The highest BCUT2D eigenvalue weighted by molar-refractivity contribution is 6.06. The van der Waals surface area contributed by atoms with Gasteiger partial charge in [0.15, 0.2) is 0 Å². The third-order valence-electron chi connectivity index (χ3n) is 3.99. The summed E-state index contributed by atoms with van der Waals surface area (Å²) in [5, 5.41) is 0. The number of imide groups is 1. The SMILES string of the molecule is NCC(F)(F)CN1C(=O)CC2(CCCCC2)C1=O. The Balaban J connectivity index is 2.14. The first-order valence-corrected chi connectivity index (χ1v) is 6.33. The van der Waals surface area contributed by atoms with Crippen LogP contribution in [0.25, 0.3) is 0 Å². The highest BCUT2D eigenvalue weighted by atomic mass is 19.3. The van der Waals surface area contributed by atoms with E-state index in [2.05, 4.69) is 0 Å². The molecule has 2 amide bonds. The van der Waals surface area contributed by atoms with E-state index in [-0.39, 0.29) is 6.42 Å². The lowest BCUT2D eigenvalue weighted by molar-refractivity contribution is -0.147. The number of amides is 2. The molecule has 0 radical (unpaired) electrons. The van der Waals surface area contributed by atoms with Crippen molar-refractivity contribution in [2.24, 2.45) is 11.1 Å². The average molecular weight is 260 g/mol. The number of hydrogen-bond donors (Lipinski definition) is 1. The van der Waals surface area contributed by atoms with Crippen LogP contribution in [0, 0.1) is 5.41 Å². The molecule has 1 aliphatic carbocycles. The average Bonchev–Trinajstić information content (AvgIpc) is 2.55. The van der Waals surface area contributed by atoms with Crippen molar-refractivity contribution in [2.45, 2.75) is 44.4 Å². The van der Waals surface area contributed by atoms with E-state index in [1.165, 1.54) is 0 Å². The Kier molecular flexibility index (Phi) is 3.40. The van der Waals surface area contributed by atoms with Crippen molar-refractivity contribution < 1.29 is 18.4 Å². The Morgan fingerprint density at radius 3 is 2.39 bits per heavy atom. The van der Waals surface area contributed by atoms with E-state index in [1.54, 1.807) is 0 Å². The second-order valence-electron chi connectivity index (χ2n) is 5.36. The van der Waals surface area contributed by atoms with E-state index >= 15 is 0 Å². The van der Waals surface area contributed by atoms with Crippen LogP contribution in [0.4, 0.5) is 8.78 Å². The van der Waals surface area contributed by atoms with Crippen molar-refractivity contribution in [1.29, 1.82) is 0 Å². The molecule has 1 spiro atoms. The zero-order chi connectivity index (χ0) is 13.4. The smallest absolute Gasteiger partial charge is 0.277 e. The van der Waals surface area contributed by atoms with E-state index in [0.29, 0.717) is 12.8 Å². The summed E-state index contributed by atoms with van der Waals surface area (Å²) in [5.74, 6) is -4.08. The van der Waals surface area contributed by atoms with E-state index in [1.807, 2.05) is 0 Å². The van der Waals surface area contributed by atoms with Crippen LogP contribution in [0.3, 0.4) is 0 Å². The van der Waals surface area contributed by atoms with Crippen LogP contribution in [0.2, 0.25) is 0 Å². The standard InChI is InChI=1S/C12H18F2N2O2/c13-12(14,7-15)8-16-9(17)6-11(10(16)18)4-2-1-3-5-11/h1-8,15H2. The molecule has 18 heavy (non-hydrogen) atoms. The van der Waals surface area contributed by atoms with Gasteiger partial charge in [-0.1, -0.05) is 19.3 Å². The fraction of sp³-hybridized carbons (Fsp3) is 0.833. The fourth-order valence-corrected chi connectivity index (χ4v) is 2.94. The predicted molar refractivity (Wildman–Crippen MR) is 60.9 cm³/mol. The van der Waals surface area contributed by atoms with Crippen LogP contribution in [-0.2, 0) is 9.59 Å². The molecule has 0 aromatic carbocycles. The summed E-state index contributed by atoms with van der Waals surface area (Å²) in [5.41, 5.74) is 4.25. The highest BCUT2D eigenvalue weighted by Gasteiger charge is 2.53. The zero-order valence-corrected chi connectivity index (χ0v) is 10.3. The van der Waals surface area contributed by atoms with Gasteiger partial charge in [0.05, 0.1) is 18.5 Å². The van der Waals surface area contributed by atoms with E-state index in [0.717, 1.165) is 24.2 Å². The Labute approximate surface area is 104 Å². The fourth-order valence-electron chi connectivity index (χ4n) is 2.94. The maximum absolute atomic E-state index is 13.2. The minimum absolute atomic E-state index is 0.0898. The van der Waals surface area contributed by atoms with Crippen molar-refractivity contribution in [2.75, 3.05) is 13.1 Å². The summed E-state index contributed by atoms with van der Waals surface area (Å²) in [4.78, 5) is 24.7. The number of carbonyl (C=O) groups is 2. The minimum atomic E-state index is -3.19. The number of halogens is 2. The zero-order valence-electron chi connectivity index (χ0n) is 10.3. The van der Waals surface area contributed by atoms with E-state index in [4.69, 9.17) is 5.73 Å². The number of nitrogens with zero attached hydrogens (tertiary/aromatic N) is 1. The van der Waals surface area contributed by atoms with Crippen LogP contribution in [-0.4, -0.2) is 35.7 Å². The van der Waals surface area contributed by atoms with Crippen molar-refractivity contribution in [3.63, 3.8) is 0 Å². The minimum Gasteiger partial charge on any atom is -0.325 e. The van der Waals surface area contributed by atoms with Gasteiger partial charge in [-0.05, 0) is 12.8 Å². The van der Waals surface area contributed by atoms with Gasteiger partial charge < -0.3 is 5.73 Å². The van der Waals surface area contributed by atoms with Gasteiger partial charge in [-0.15, -0.1) is 0 Å². The van der Waals surface area contributed by atoms with Crippen molar-refractivity contribution in [1.82, 2.24) is 4.90 Å². The molecule has 0 aromatic rings. The number of alkyl halides is 2. The summed E-state index contributed by atoms with van der Waals surface area (Å²) in [6.45, 7) is -1.72. The normalized spacial score (nSPS) is 24.1. The first-order valence-electron chi connectivity index (χ1n) is 6.33. The number of nitrogens with two attached hydrogens (primary N) is 1. The Hall–Kier alpha value is -1.04. The second kappa shape index (κ2) is 4.57. The topological polar surface area (TPSA) is 63.4 Å². The summed E-state index contributed by atoms with van der Waals surface area (Å²) in [6.07, 6.45) is 4.19. The molecule has 0 unspecified atom stereocenters. The summed E-state index contributed by atoms with van der Waals surface area (Å²) >= 11 is 0. The molecule has 102 valence electrons. The summed E-state index contributed by atoms with van der Waals surface area (Å²) in [6, 6.07) is 0. The lowest BCUT2D eigenvalue weighted by Gasteiger charge is -2.31. The van der Waals surface area contributed by atoms with Crippen molar-refractivity contribution in [3.05, 3.63) is 0 Å². The van der Waals surface area contributed by atoms with Crippen LogP contribution in [0.1, 0.15) is 38.5 Å². The molecule has 6 heteroatoms. The molecule has 2 fully saturated rings. The first-order chi connectivity index (χ1) is 8.40. The Morgan fingerprint density at radius 2 is 1.83 bits per heavy atom. The molecule has 2 aliphatic rings. The van der Waals surface area contributed by atoms with Gasteiger partial charge in [0.25, 0.3) is 5.92 Å². The third-order valence-corrected chi connectivity index (χ3v) is 3.99. The van der Waals surface area contributed by atoms with Crippen LogP contribution in [0.5, 0.6) is 0 Å². The largest absolute Gasteiger partial charge is 0.325 e. The second-order valence-corrected chi connectivity index (χ2v) is 5.36. The van der Waals surface area contributed by atoms with Gasteiger partial charge in [0.2, 0.25) is 11.8 Å². The molecule has 1 saturated heterocycles. The highest BCUT2D eigenvalue weighted by Crippen LogP contribution is 2.45. The third kappa shape index (κ3) is 2.25. The molecular weight excluding hydrogens is 242 g/mol. The molecule has 1 saturated carbocycles. The molecular formula is C12H18F2N2O2. The van der Waals surface area contributed by atoms with E-state index in [9.17, 15) is 18.4 Å². The van der Waals surface area contributed by atoms with Gasteiger partial charge >= 0.3 is 0 Å². The molecule has 4 nitrogen and oxygen atoms in total. The molecule has 0 bridgehead atoms. The van der Waals surface area contributed by atoms with Crippen LogP contribution >= 0.6 is 0 Å². The first kappa shape index (κ1) is 13.4. The van der Waals surface area contributed by atoms with Crippen molar-refractivity contribution in [3.8, 4) is 0 Å². The maximum atomic E-state index is 13.2. The Morgan fingerprint density at radius 1 is 1.22 bits per heavy atom. The van der Waals surface area contributed by atoms with E-state index < -0.39 is 36.2 Å². The van der Waals surface area contributed by atoms with Gasteiger partial charge in [0.1, 0.15) is 0 Å². The summed E-state index contributed by atoms with van der Waals surface area (Å²) in [7, 11) is 0. The molecule has 1 heterocycles. The molecule has 0 atom stereocenters. The van der Waals surface area contributed by atoms with Gasteiger partial charge in [-0.2, -0.15) is 0 Å². The predicted octanol–water partition coefficient (Wildman–Crippen LogP) is 1.29. The van der Waals surface area contributed by atoms with Crippen molar-refractivity contribution >= 4 is 11.8 Å². The van der Waals surface area contributed by atoms with Gasteiger partial charge in [-0.25, -0.2) is 8.78 Å². The molecule has 0 aromatic heterocycles. The van der Waals surface area contributed by atoms with Crippen LogP contribution < -0.4 is 5.73 Å². The number of carbonyl (C=O) groups excluding carboxylic acids is 2. The monoisotopic (exact) mass is 260 g/mol. The lowest BCUT2D eigenvalue weighted by atomic mass is 9.73. The van der Waals surface area contributed by atoms with Crippen LogP contribution in [0.15, 0.2) is 0 Å². The number of hydrogen-bond acceptors (Lipinski definition) is 3. The number of likely N-dealkylation sites (tertiary alicyclic amines) is 1. The molecule has 2 rings (SSSR count). The lowest BCUT2D eigenvalue weighted by Crippen LogP contribution is -2.46.